The molecule has 0 unspecified atom stereocenters. The second kappa shape index (κ2) is 5.65. The molecule has 0 aliphatic carbocycles. The van der Waals surface area contributed by atoms with E-state index in [1.165, 1.54) is 0 Å². The van der Waals surface area contributed by atoms with Crippen LogP contribution in [0.3, 0.4) is 0 Å². The standard InChI is InChI=1S/C13H21BrN6/c1-5-9-12(14)10(20(6-2)17-9)7-19-8-11(16-18-19)13(3,4)15/h8H,5-7,15H2,1-4H3. The minimum Gasteiger partial charge on any atom is -0.320 e. The normalized spacial score (nSPS) is 12.1. The van der Waals surface area contributed by atoms with E-state index in [2.05, 4.69) is 45.2 Å². The van der Waals surface area contributed by atoms with Gasteiger partial charge < -0.3 is 5.73 Å². The molecule has 0 aliphatic heterocycles. The molecule has 20 heavy (non-hydrogen) atoms. The van der Waals surface area contributed by atoms with Gasteiger partial charge in [-0.25, -0.2) is 4.68 Å². The molecule has 0 saturated carbocycles. The molecule has 0 atom stereocenters. The van der Waals surface area contributed by atoms with Crippen molar-refractivity contribution >= 4 is 15.9 Å². The fraction of sp³-hybridized carbons (Fsp3) is 0.615. The molecule has 2 aromatic heterocycles. The molecule has 2 N–H and O–H groups in total. The van der Waals surface area contributed by atoms with Crippen molar-refractivity contribution in [3.8, 4) is 0 Å². The molecule has 6 nitrogen and oxygen atoms in total. The molecule has 0 aromatic carbocycles. The summed E-state index contributed by atoms with van der Waals surface area (Å²) in [6.07, 6.45) is 2.80. The molecule has 0 spiro atoms. The van der Waals surface area contributed by atoms with Gasteiger partial charge in [0.2, 0.25) is 0 Å². The van der Waals surface area contributed by atoms with Crippen LogP contribution in [0.1, 0.15) is 44.8 Å². The molecular formula is C13H21BrN6. The Balaban J connectivity index is 2.30. The lowest BCUT2D eigenvalue weighted by Gasteiger charge is -2.13. The molecule has 110 valence electrons. The summed E-state index contributed by atoms with van der Waals surface area (Å²) >= 11 is 3.64. The minimum atomic E-state index is -0.477. The lowest BCUT2D eigenvalue weighted by atomic mass is 10.0. The first-order valence-corrected chi connectivity index (χ1v) is 7.59. The number of nitrogens with two attached hydrogens (primary N) is 1. The third-order valence-corrected chi connectivity index (χ3v) is 4.12. The van der Waals surface area contributed by atoms with Crippen molar-refractivity contribution in [3.63, 3.8) is 0 Å². The van der Waals surface area contributed by atoms with E-state index in [1.54, 1.807) is 4.68 Å². The lowest BCUT2D eigenvalue weighted by Crippen LogP contribution is -2.29. The van der Waals surface area contributed by atoms with Gasteiger partial charge >= 0.3 is 0 Å². The lowest BCUT2D eigenvalue weighted by molar-refractivity contribution is 0.533. The van der Waals surface area contributed by atoms with Gasteiger partial charge in [-0.3, -0.25) is 4.68 Å². The predicted molar refractivity (Wildman–Crippen MR) is 81.3 cm³/mol. The third kappa shape index (κ3) is 2.93. The number of nitrogens with zero attached hydrogens (tertiary/aromatic N) is 5. The monoisotopic (exact) mass is 340 g/mol. The van der Waals surface area contributed by atoms with E-state index in [1.807, 2.05) is 24.7 Å². The van der Waals surface area contributed by atoms with Gasteiger partial charge in [0.25, 0.3) is 0 Å². The summed E-state index contributed by atoms with van der Waals surface area (Å²) in [4.78, 5) is 0. The van der Waals surface area contributed by atoms with Crippen molar-refractivity contribution < 1.29 is 0 Å². The summed E-state index contributed by atoms with van der Waals surface area (Å²) in [7, 11) is 0. The highest BCUT2D eigenvalue weighted by molar-refractivity contribution is 9.10. The molecule has 0 aliphatic rings. The van der Waals surface area contributed by atoms with Crippen LogP contribution in [0.4, 0.5) is 0 Å². The van der Waals surface area contributed by atoms with E-state index in [9.17, 15) is 0 Å². The molecular weight excluding hydrogens is 320 g/mol. The van der Waals surface area contributed by atoms with Crippen LogP contribution < -0.4 is 5.73 Å². The van der Waals surface area contributed by atoms with Gasteiger partial charge in [0.15, 0.2) is 0 Å². The summed E-state index contributed by atoms with van der Waals surface area (Å²) in [6, 6.07) is 0. The summed E-state index contributed by atoms with van der Waals surface area (Å²) in [5.74, 6) is 0. The first-order chi connectivity index (χ1) is 9.36. The largest absolute Gasteiger partial charge is 0.320 e. The number of aromatic nitrogens is 5. The van der Waals surface area contributed by atoms with Crippen molar-refractivity contribution in [1.29, 1.82) is 0 Å². The van der Waals surface area contributed by atoms with Crippen LogP contribution >= 0.6 is 15.9 Å². The number of rotatable bonds is 5. The molecule has 0 radical (unpaired) electrons. The van der Waals surface area contributed by atoms with Gasteiger partial charge in [-0.15, -0.1) is 5.10 Å². The van der Waals surface area contributed by atoms with Crippen molar-refractivity contribution in [2.24, 2.45) is 5.73 Å². The molecule has 2 rings (SSSR count). The summed E-state index contributed by atoms with van der Waals surface area (Å²) < 4.78 is 4.86. The van der Waals surface area contributed by atoms with Crippen molar-refractivity contribution in [2.75, 3.05) is 0 Å². The Kier molecular flexibility index (Phi) is 4.29. The van der Waals surface area contributed by atoms with E-state index in [0.717, 1.165) is 34.5 Å². The molecule has 2 heterocycles. The Morgan fingerprint density at radius 3 is 2.55 bits per heavy atom. The highest BCUT2D eigenvalue weighted by atomic mass is 79.9. The molecule has 2 aromatic rings. The highest BCUT2D eigenvalue weighted by Crippen LogP contribution is 2.23. The number of hydrogen-bond donors (Lipinski definition) is 1. The molecule has 0 bridgehead atoms. The number of hydrogen-bond acceptors (Lipinski definition) is 4. The average molecular weight is 341 g/mol. The van der Waals surface area contributed by atoms with Crippen LogP contribution in [0.15, 0.2) is 10.7 Å². The smallest absolute Gasteiger partial charge is 0.102 e. The maximum absolute atomic E-state index is 6.03. The van der Waals surface area contributed by atoms with Crippen LogP contribution in [0.5, 0.6) is 0 Å². The van der Waals surface area contributed by atoms with Crippen LogP contribution in [0.2, 0.25) is 0 Å². The zero-order chi connectivity index (χ0) is 14.9. The Bertz CT molecular complexity index is 593. The Morgan fingerprint density at radius 1 is 1.35 bits per heavy atom. The fourth-order valence-corrected chi connectivity index (χ4v) is 2.68. The molecule has 7 heteroatoms. The second-order valence-corrected chi connectivity index (χ2v) is 6.19. The highest BCUT2D eigenvalue weighted by Gasteiger charge is 2.20. The van der Waals surface area contributed by atoms with Crippen molar-refractivity contribution in [1.82, 2.24) is 24.8 Å². The van der Waals surface area contributed by atoms with Crippen LogP contribution in [-0.2, 0) is 25.0 Å². The zero-order valence-corrected chi connectivity index (χ0v) is 14.0. The van der Waals surface area contributed by atoms with Gasteiger partial charge in [-0.2, -0.15) is 5.10 Å². The van der Waals surface area contributed by atoms with Crippen molar-refractivity contribution in [3.05, 3.63) is 27.8 Å². The van der Waals surface area contributed by atoms with Crippen molar-refractivity contribution in [2.45, 2.75) is 52.7 Å². The summed E-state index contributed by atoms with van der Waals surface area (Å²) in [6.45, 7) is 9.48. The van der Waals surface area contributed by atoms with E-state index in [-0.39, 0.29) is 0 Å². The van der Waals surface area contributed by atoms with E-state index < -0.39 is 5.54 Å². The molecule has 0 fully saturated rings. The van der Waals surface area contributed by atoms with Gasteiger partial charge in [-0.1, -0.05) is 12.1 Å². The second-order valence-electron chi connectivity index (χ2n) is 5.40. The Hall–Kier alpha value is -1.21. The van der Waals surface area contributed by atoms with Gasteiger partial charge in [0, 0.05) is 6.54 Å². The van der Waals surface area contributed by atoms with Crippen LogP contribution in [0.25, 0.3) is 0 Å². The quantitative estimate of drug-likeness (QED) is 0.903. The SMILES string of the molecule is CCc1nn(CC)c(Cn2cc(C(C)(C)N)nn2)c1Br. The maximum Gasteiger partial charge on any atom is 0.102 e. The summed E-state index contributed by atoms with van der Waals surface area (Å²) in [5.41, 5.74) is 8.52. The minimum absolute atomic E-state index is 0.477. The first kappa shape index (κ1) is 15.2. The van der Waals surface area contributed by atoms with E-state index >= 15 is 0 Å². The molecule has 0 amide bonds. The number of halogens is 1. The average Bonchev–Trinajstić information content (AvgIpc) is 2.96. The molecule has 0 saturated heterocycles. The van der Waals surface area contributed by atoms with Gasteiger partial charge in [-0.05, 0) is 43.1 Å². The van der Waals surface area contributed by atoms with Crippen LogP contribution in [0, 0.1) is 0 Å². The maximum atomic E-state index is 6.03. The first-order valence-electron chi connectivity index (χ1n) is 6.80. The van der Waals surface area contributed by atoms with Gasteiger partial charge in [0.1, 0.15) is 5.69 Å². The third-order valence-electron chi connectivity index (χ3n) is 3.20. The summed E-state index contributed by atoms with van der Waals surface area (Å²) in [5, 5.41) is 12.9. The predicted octanol–water partition coefficient (Wildman–Crippen LogP) is 2.06. The zero-order valence-electron chi connectivity index (χ0n) is 12.4. The Labute approximate surface area is 127 Å². The van der Waals surface area contributed by atoms with E-state index in [0.29, 0.717) is 6.54 Å². The van der Waals surface area contributed by atoms with Gasteiger partial charge in [0.05, 0.1) is 34.1 Å². The van der Waals surface area contributed by atoms with Crippen LogP contribution in [-0.4, -0.2) is 24.8 Å². The topological polar surface area (TPSA) is 74.5 Å². The fourth-order valence-electron chi connectivity index (χ4n) is 1.99. The Morgan fingerprint density at radius 2 is 2.05 bits per heavy atom. The van der Waals surface area contributed by atoms with E-state index in [4.69, 9.17) is 5.73 Å². The number of aryl methyl sites for hydroxylation is 2.